The quantitative estimate of drug-likeness (QED) is 0.370. The maximum absolute atomic E-state index is 13.1. The lowest BCUT2D eigenvalue weighted by atomic mass is 10.2. The summed E-state index contributed by atoms with van der Waals surface area (Å²) in [6.07, 6.45) is 3.50. The molecule has 3 aromatic rings. The van der Waals surface area contributed by atoms with Crippen LogP contribution in [0.15, 0.2) is 56.8 Å². The van der Waals surface area contributed by atoms with Crippen LogP contribution in [0, 0.1) is 0 Å². The van der Waals surface area contributed by atoms with E-state index in [1.165, 1.54) is 23.5 Å². The highest BCUT2D eigenvalue weighted by Crippen LogP contribution is 2.22. The van der Waals surface area contributed by atoms with Crippen molar-refractivity contribution in [1.82, 2.24) is 8.87 Å². The summed E-state index contributed by atoms with van der Waals surface area (Å²) in [4.78, 5) is 17.8. The van der Waals surface area contributed by atoms with Gasteiger partial charge in [-0.1, -0.05) is 54.0 Å². The molecule has 0 unspecified atom stereocenters. The Morgan fingerprint density at radius 2 is 1.69 bits per heavy atom. The molecule has 1 heterocycles. The molecule has 0 saturated heterocycles. The van der Waals surface area contributed by atoms with E-state index in [-0.39, 0.29) is 4.90 Å². The van der Waals surface area contributed by atoms with Crippen LogP contribution in [0.1, 0.15) is 49.9 Å². The first-order chi connectivity index (χ1) is 15.3. The SMILES string of the molecule is CCCCN(CCCC)S(=O)(=O)c1ccc(C(=O)N=c2sc3cc(Br)ccc3n2C)cc1. The number of fused-ring (bicyclic) bond motifs is 1. The lowest BCUT2D eigenvalue weighted by molar-refractivity contribution is 0.0998. The molecule has 0 aliphatic heterocycles. The summed E-state index contributed by atoms with van der Waals surface area (Å²) >= 11 is 4.89. The van der Waals surface area contributed by atoms with Gasteiger partial charge < -0.3 is 4.57 Å². The molecular weight excluding hydrogens is 510 g/mol. The summed E-state index contributed by atoms with van der Waals surface area (Å²) in [7, 11) is -1.72. The van der Waals surface area contributed by atoms with Crippen LogP contribution in [0.5, 0.6) is 0 Å². The van der Waals surface area contributed by atoms with Gasteiger partial charge in [0.05, 0.1) is 15.1 Å². The average Bonchev–Trinajstić information content (AvgIpc) is 3.07. The lowest BCUT2D eigenvalue weighted by Gasteiger charge is -2.22. The lowest BCUT2D eigenvalue weighted by Crippen LogP contribution is -2.33. The van der Waals surface area contributed by atoms with E-state index in [0.29, 0.717) is 23.5 Å². The molecule has 0 spiro atoms. The van der Waals surface area contributed by atoms with Crippen molar-refractivity contribution in [3.05, 3.63) is 57.3 Å². The summed E-state index contributed by atoms with van der Waals surface area (Å²) < 4.78 is 31.6. The Morgan fingerprint density at radius 3 is 2.28 bits per heavy atom. The van der Waals surface area contributed by atoms with E-state index in [9.17, 15) is 13.2 Å². The summed E-state index contributed by atoms with van der Waals surface area (Å²) in [5.41, 5.74) is 1.35. The third-order valence-electron chi connectivity index (χ3n) is 5.23. The van der Waals surface area contributed by atoms with Crippen LogP contribution in [-0.2, 0) is 17.1 Å². The number of unbranched alkanes of at least 4 members (excludes halogenated alkanes) is 2. The molecule has 172 valence electrons. The van der Waals surface area contributed by atoms with Crippen LogP contribution in [-0.4, -0.2) is 36.3 Å². The van der Waals surface area contributed by atoms with Crippen molar-refractivity contribution in [2.24, 2.45) is 12.0 Å². The molecule has 9 heteroatoms. The molecule has 6 nitrogen and oxygen atoms in total. The Bertz CT molecular complexity index is 1250. The number of amides is 1. The zero-order valence-corrected chi connectivity index (χ0v) is 21.8. The molecule has 1 aromatic heterocycles. The zero-order valence-electron chi connectivity index (χ0n) is 18.5. The van der Waals surface area contributed by atoms with Crippen LogP contribution >= 0.6 is 27.3 Å². The Labute approximate surface area is 201 Å². The second-order valence-electron chi connectivity index (χ2n) is 7.61. The van der Waals surface area contributed by atoms with Gasteiger partial charge in [0.25, 0.3) is 5.91 Å². The van der Waals surface area contributed by atoms with Crippen LogP contribution in [0.25, 0.3) is 10.2 Å². The molecule has 0 fully saturated rings. The second-order valence-corrected chi connectivity index (χ2v) is 11.5. The molecule has 1 amide bonds. The van der Waals surface area contributed by atoms with Crippen LogP contribution in [0.2, 0.25) is 0 Å². The maximum Gasteiger partial charge on any atom is 0.279 e. The highest BCUT2D eigenvalue weighted by molar-refractivity contribution is 9.10. The predicted octanol–water partition coefficient (Wildman–Crippen LogP) is 5.33. The number of sulfonamides is 1. The number of carbonyl (C=O) groups is 1. The van der Waals surface area contributed by atoms with Gasteiger partial charge in [-0.05, 0) is 55.3 Å². The monoisotopic (exact) mass is 537 g/mol. The third kappa shape index (κ3) is 5.57. The van der Waals surface area contributed by atoms with Crippen molar-refractivity contribution in [2.75, 3.05) is 13.1 Å². The summed E-state index contributed by atoms with van der Waals surface area (Å²) in [5.74, 6) is -0.399. The molecule has 0 N–H and O–H groups in total. The molecule has 0 atom stereocenters. The van der Waals surface area contributed by atoms with Gasteiger partial charge in [-0.25, -0.2) is 8.42 Å². The minimum absolute atomic E-state index is 0.207. The average molecular weight is 539 g/mol. The molecular formula is C23H28BrN3O3S2. The number of thiazole rings is 1. The number of carbonyl (C=O) groups excluding carboxylic acids is 1. The summed E-state index contributed by atoms with van der Waals surface area (Å²) in [5, 5.41) is 0. The predicted molar refractivity (Wildman–Crippen MR) is 133 cm³/mol. The maximum atomic E-state index is 13.1. The molecule has 32 heavy (non-hydrogen) atoms. The minimum Gasteiger partial charge on any atom is -0.319 e. The number of aryl methyl sites for hydroxylation is 1. The Balaban J connectivity index is 1.86. The van der Waals surface area contributed by atoms with Crippen LogP contribution in [0.4, 0.5) is 0 Å². The fraction of sp³-hybridized carbons (Fsp3) is 0.391. The fourth-order valence-electron chi connectivity index (χ4n) is 3.31. The van der Waals surface area contributed by atoms with Crippen molar-refractivity contribution < 1.29 is 13.2 Å². The first-order valence-electron chi connectivity index (χ1n) is 10.7. The number of hydrogen-bond acceptors (Lipinski definition) is 4. The number of aromatic nitrogens is 1. The van der Waals surface area contributed by atoms with Crippen LogP contribution < -0.4 is 4.80 Å². The topological polar surface area (TPSA) is 71.7 Å². The molecule has 0 bridgehead atoms. The van der Waals surface area contributed by atoms with Crippen molar-refractivity contribution in [1.29, 1.82) is 0 Å². The Hall–Kier alpha value is -1.81. The molecule has 2 aromatic carbocycles. The summed E-state index contributed by atoms with van der Waals surface area (Å²) in [6.45, 7) is 5.11. The van der Waals surface area contributed by atoms with Gasteiger partial charge in [0.1, 0.15) is 0 Å². The van der Waals surface area contributed by atoms with Crippen LogP contribution in [0.3, 0.4) is 0 Å². The van der Waals surface area contributed by atoms with Crippen molar-refractivity contribution in [2.45, 2.75) is 44.4 Å². The van der Waals surface area contributed by atoms with Crippen molar-refractivity contribution in [3.63, 3.8) is 0 Å². The van der Waals surface area contributed by atoms with E-state index in [1.807, 2.05) is 43.7 Å². The molecule has 0 radical (unpaired) electrons. The van der Waals surface area contributed by atoms with Gasteiger partial charge in [0.2, 0.25) is 10.0 Å². The minimum atomic E-state index is -3.59. The normalized spacial score (nSPS) is 12.7. The van der Waals surface area contributed by atoms with Crippen molar-refractivity contribution in [3.8, 4) is 0 Å². The number of rotatable bonds is 9. The van der Waals surface area contributed by atoms with Gasteiger partial charge in [0.15, 0.2) is 4.80 Å². The number of halogens is 1. The number of nitrogens with zero attached hydrogens (tertiary/aromatic N) is 3. The number of hydrogen-bond donors (Lipinski definition) is 0. The Kier molecular flexibility index (Phi) is 8.43. The zero-order chi connectivity index (χ0) is 23.3. The van der Waals surface area contributed by atoms with Crippen molar-refractivity contribution >= 4 is 53.4 Å². The van der Waals surface area contributed by atoms with Gasteiger partial charge in [0, 0.05) is 30.2 Å². The van der Waals surface area contributed by atoms with Gasteiger partial charge in [-0.2, -0.15) is 9.30 Å². The first kappa shape index (κ1) is 24.8. The van der Waals surface area contributed by atoms with E-state index in [4.69, 9.17) is 0 Å². The van der Waals surface area contributed by atoms with Gasteiger partial charge in [-0.15, -0.1) is 0 Å². The third-order valence-corrected chi connectivity index (χ3v) is 8.73. The Morgan fingerprint density at radius 1 is 1.06 bits per heavy atom. The second kappa shape index (κ2) is 10.9. The van der Waals surface area contributed by atoms with E-state index < -0.39 is 15.9 Å². The van der Waals surface area contributed by atoms with E-state index >= 15 is 0 Å². The number of benzene rings is 2. The standard InChI is InChI=1S/C23H28BrN3O3S2/c1-4-6-14-27(15-7-5-2)32(29,30)19-11-8-17(9-12-19)22(28)25-23-26(3)20-13-10-18(24)16-21(20)31-23/h8-13,16H,4-7,14-15H2,1-3H3. The van der Waals surface area contributed by atoms with Gasteiger partial charge in [-0.3, -0.25) is 4.79 Å². The molecule has 0 aliphatic rings. The molecule has 3 rings (SSSR count). The summed E-state index contributed by atoms with van der Waals surface area (Å²) in [6, 6.07) is 12.0. The first-order valence-corrected chi connectivity index (χ1v) is 13.8. The van der Waals surface area contributed by atoms with E-state index in [2.05, 4.69) is 20.9 Å². The highest BCUT2D eigenvalue weighted by atomic mass is 79.9. The van der Waals surface area contributed by atoms with E-state index in [1.54, 1.807) is 16.4 Å². The highest BCUT2D eigenvalue weighted by Gasteiger charge is 2.23. The smallest absolute Gasteiger partial charge is 0.279 e. The van der Waals surface area contributed by atoms with Gasteiger partial charge >= 0.3 is 0 Å². The fourth-order valence-corrected chi connectivity index (χ4v) is 6.39. The molecule has 0 aliphatic carbocycles. The van der Waals surface area contributed by atoms with E-state index in [0.717, 1.165) is 40.4 Å². The largest absolute Gasteiger partial charge is 0.319 e. The molecule has 0 saturated carbocycles.